The van der Waals surface area contributed by atoms with Crippen molar-refractivity contribution in [3.8, 4) is 0 Å². The molecule has 6 nitrogen and oxygen atoms in total. The van der Waals surface area contributed by atoms with Crippen molar-refractivity contribution in [2.45, 2.75) is 4.90 Å². The number of primary sulfonamides is 1. The third-order valence-corrected chi connectivity index (χ3v) is 3.77. The van der Waals surface area contributed by atoms with Crippen molar-refractivity contribution in [2.75, 3.05) is 27.3 Å². The predicted molar refractivity (Wildman–Crippen MR) is 71.6 cm³/mol. The first-order chi connectivity index (χ1) is 9.18. The fourth-order valence-corrected chi connectivity index (χ4v) is 2.29. The Labute approximate surface area is 121 Å². The van der Waals surface area contributed by atoms with Crippen LogP contribution in [-0.4, -0.2) is 46.5 Å². The lowest BCUT2D eigenvalue weighted by Gasteiger charge is -2.17. The van der Waals surface area contributed by atoms with E-state index in [1.54, 1.807) is 0 Å². The van der Waals surface area contributed by atoms with Gasteiger partial charge in [0, 0.05) is 20.7 Å². The first-order valence-electron chi connectivity index (χ1n) is 5.44. The van der Waals surface area contributed by atoms with Crippen LogP contribution in [0.15, 0.2) is 17.0 Å². The highest BCUT2D eigenvalue weighted by atomic mass is 35.5. The lowest BCUT2D eigenvalue weighted by molar-refractivity contribution is 0.0744. The summed E-state index contributed by atoms with van der Waals surface area (Å²) in [6, 6.07) is 1.58. The van der Waals surface area contributed by atoms with Crippen LogP contribution in [0, 0.1) is 5.82 Å². The number of benzene rings is 1. The summed E-state index contributed by atoms with van der Waals surface area (Å²) in [7, 11) is -1.32. The second kappa shape index (κ2) is 6.49. The average molecular weight is 325 g/mol. The Kier molecular flexibility index (Phi) is 5.46. The molecular weight excluding hydrogens is 311 g/mol. The van der Waals surface area contributed by atoms with Gasteiger partial charge >= 0.3 is 0 Å². The number of nitrogens with two attached hydrogens (primary N) is 1. The monoisotopic (exact) mass is 324 g/mol. The SMILES string of the molecule is COCCN(C)C(=O)c1cc(S(N)(=O)=O)c(F)cc1Cl. The third kappa shape index (κ3) is 3.89. The molecule has 1 aromatic carbocycles. The molecule has 20 heavy (non-hydrogen) atoms. The third-order valence-electron chi connectivity index (χ3n) is 2.54. The summed E-state index contributed by atoms with van der Waals surface area (Å²) in [5.41, 5.74) is -0.143. The van der Waals surface area contributed by atoms with E-state index < -0.39 is 26.6 Å². The summed E-state index contributed by atoms with van der Waals surface area (Å²) in [6.45, 7) is 0.566. The number of hydrogen-bond donors (Lipinski definition) is 1. The highest BCUT2D eigenvalue weighted by Gasteiger charge is 2.22. The molecule has 0 fully saturated rings. The fraction of sp³-hybridized carbons (Fsp3) is 0.364. The Morgan fingerprint density at radius 2 is 2.10 bits per heavy atom. The molecule has 0 spiro atoms. The molecule has 0 atom stereocenters. The minimum atomic E-state index is -4.28. The maximum atomic E-state index is 13.5. The Morgan fingerprint density at radius 1 is 1.50 bits per heavy atom. The quantitative estimate of drug-likeness (QED) is 0.869. The Balaban J connectivity index is 3.22. The van der Waals surface area contributed by atoms with E-state index >= 15 is 0 Å². The number of nitrogens with zero attached hydrogens (tertiary/aromatic N) is 1. The highest BCUT2D eigenvalue weighted by Crippen LogP contribution is 2.24. The zero-order valence-electron chi connectivity index (χ0n) is 10.9. The van der Waals surface area contributed by atoms with E-state index in [4.69, 9.17) is 21.5 Å². The van der Waals surface area contributed by atoms with Crippen LogP contribution < -0.4 is 5.14 Å². The van der Waals surface area contributed by atoms with Crippen LogP contribution in [0.4, 0.5) is 4.39 Å². The lowest BCUT2D eigenvalue weighted by Crippen LogP contribution is -2.30. The average Bonchev–Trinajstić information content (AvgIpc) is 2.33. The Morgan fingerprint density at radius 3 is 2.60 bits per heavy atom. The molecule has 0 heterocycles. The van der Waals surface area contributed by atoms with Crippen molar-refractivity contribution >= 4 is 27.5 Å². The molecule has 0 bridgehead atoms. The van der Waals surface area contributed by atoms with Crippen molar-refractivity contribution in [1.82, 2.24) is 4.90 Å². The number of carbonyl (C=O) groups is 1. The van der Waals surface area contributed by atoms with Gasteiger partial charge in [-0.2, -0.15) is 0 Å². The summed E-state index contributed by atoms with van der Waals surface area (Å²) in [4.78, 5) is 12.6. The lowest BCUT2D eigenvalue weighted by atomic mass is 10.2. The van der Waals surface area contributed by atoms with Gasteiger partial charge in [-0.3, -0.25) is 4.79 Å². The number of rotatable bonds is 5. The highest BCUT2D eigenvalue weighted by molar-refractivity contribution is 7.89. The van der Waals surface area contributed by atoms with Gasteiger partial charge in [-0.05, 0) is 12.1 Å². The number of halogens is 2. The van der Waals surface area contributed by atoms with Crippen LogP contribution in [0.25, 0.3) is 0 Å². The molecule has 112 valence electrons. The first kappa shape index (κ1) is 16.8. The molecule has 0 radical (unpaired) electrons. The normalized spacial score (nSPS) is 11.4. The molecule has 0 saturated heterocycles. The van der Waals surface area contributed by atoms with Crippen LogP contribution in [-0.2, 0) is 14.8 Å². The maximum absolute atomic E-state index is 13.5. The topological polar surface area (TPSA) is 89.7 Å². The van der Waals surface area contributed by atoms with Gasteiger partial charge in [-0.25, -0.2) is 17.9 Å². The molecule has 1 rings (SSSR count). The summed E-state index contributed by atoms with van der Waals surface area (Å²) in [6.07, 6.45) is 0. The first-order valence-corrected chi connectivity index (χ1v) is 7.37. The molecule has 1 aromatic rings. The van der Waals surface area contributed by atoms with E-state index in [2.05, 4.69) is 0 Å². The van der Waals surface area contributed by atoms with Crippen molar-refractivity contribution in [3.63, 3.8) is 0 Å². The van der Waals surface area contributed by atoms with Gasteiger partial charge in [-0.1, -0.05) is 11.6 Å². The summed E-state index contributed by atoms with van der Waals surface area (Å²) in [5.74, 6) is -1.66. The molecule has 2 N–H and O–H groups in total. The second-order valence-electron chi connectivity index (χ2n) is 4.03. The van der Waals surface area contributed by atoms with E-state index in [9.17, 15) is 17.6 Å². The van der Waals surface area contributed by atoms with Crippen molar-refractivity contribution in [3.05, 3.63) is 28.5 Å². The summed E-state index contributed by atoms with van der Waals surface area (Å²) < 4.78 is 40.8. The maximum Gasteiger partial charge on any atom is 0.255 e. The van der Waals surface area contributed by atoms with E-state index in [1.165, 1.54) is 19.1 Å². The fourth-order valence-electron chi connectivity index (χ4n) is 1.45. The zero-order chi connectivity index (χ0) is 15.5. The van der Waals surface area contributed by atoms with Gasteiger partial charge in [0.25, 0.3) is 5.91 Å². The summed E-state index contributed by atoms with van der Waals surface area (Å²) in [5, 5.41) is 4.69. The smallest absolute Gasteiger partial charge is 0.255 e. The number of carbonyl (C=O) groups excluding carboxylic acids is 1. The molecule has 1 amide bonds. The number of methoxy groups -OCH3 is 1. The predicted octanol–water partition coefficient (Wildman–Crippen LogP) is 0.845. The summed E-state index contributed by atoms with van der Waals surface area (Å²) >= 11 is 5.77. The standard InChI is InChI=1S/C11H14ClFN2O4S/c1-15(3-4-19-2)11(16)7-5-10(20(14,17)18)9(13)6-8(7)12/h5-6H,3-4H2,1-2H3,(H2,14,17,18). The van der Waals surface area contributed by atoms with Crippen molar-refractivity contribution in [2.24, 2.45) is 5.14 Å². The van der Waals surface area contributed by atoms with E-state index in [1.807, 2.05) is 0 Å². The van der Waals surface area contributed by atoms with Gasteiger partial charge in [0.2, 0.25) is 10.0 Å². The Hall–Kier alpha value is -1.22. The molecule has 0 aliphatic carbocycles. The van der Waals surface area contributed by atoms with Gasteiger partial charge in [0.1, 0.15) is 10.7 Å². The Bertz CT molecular complexity index is 621. The molecule has 0 saturated carbocycles. The number of likely N-dealkylation sites (N-methyl/N-ethyl adjacent to an activating group) is 1. The van der Waals surface area contributed by atoms with Crippen LogP contribution in [0.1, 0.15) is 10.4 Å². The van der Waals surface area contributed by atoms with E-state index in [0.29, 0.717) is 6.61 Å². The van der Waals surface area contributed by atoms with Crippen LogP contribution in [0.3, 0.4) is 0 Å². The molecular formula is C11H14ClFN2O4S. The molecule has 0 aliphatic rings. The minimum absolute atomic E-state index is 0.143. The van der Waals surface area contributed by atoms with Crippen LogP contribution >= 0.6 is 11.6 Å². The number of ether oxygens (including phenoxy) is 1. The van der Waals surface area contributed by atoms with E-state index in [0.717, 1.165) is 12.1 Å². The number of sulfonamides is 1. The minimum Gasteiger partial charge on any atom is -0.383 e. The van der Waals surface area contributed by atoms with Gasteiger partial charge in [-0.15, -0.1) is 0 Å². The molecule has 0 unspecified atom stereocenters. The van der Waals surface area contributed by atoms with E-state index in [-0.39, 0.29) is 17.1 Å². The molecule has 9 heteroatoms. The number of hydrogen-bond acceptors (Lipinski definition) is 4. The largest absolute Gasteiger partial charge is 0.383 e. The van der Waals surface area contributed by atoms with Crippen molar-refractivity contribution < 1.29 is 22.3 Å². The van der Waals surface area contributed by atoms with Crippen LogP contribution in [0.2, 0.25) is 5.02 Å². The van der Waals surface area contributed by atoms with Gasteiger partial charge < -0.3 is 9.64 Å². The molecule has 0 aromatic heterocycles. The zero-order valence-corrected chi connectivity index (χ0v) is 12.5. The molecule has 0 aliphatic heterocycles. The van der Waals surface area contributed by atoms with Gasteiger partial charge in [0.05, 0.1) is 17.2 Å². The second-order valence-corrected chi connectivity index (χ2v) is 5.96. The number of amides is 1. The van der Waals surface area contributed by atoms with Gasteiger partial charge in [0.15, 0.2) is 0 Å². The van der Waals surface area contributed by atoms with Crippen LogP contribution in [0.5, 0.6) is 0 Å². The van der Waals surface area contributed by atoms with Crippen molar-refractivity contribution in [1.29, 1.82) is 0 Å².